The number of amides is 1. The second-order valence-corrected chi connectivity index (χ2v) is 5.43. The van der Waals surface area contributed by atoms with E-state index in [0.29, 0.717) is 11.9 Å². The fourth-order valence-electron chi connectivity index (χ4n) is 3.11. The van der Waals surface area contributed by atoms with Crippen LogP contribution in [0.25, 0.3) is 0 Å². The Balaban J connectivity index is 1.94. The summed E-state index contributed by atoms with van der Waals surface area (Å²) in [5.41, 5.74) is 0. The van der Waals surface area contributed by atoms with E-state index >= 15 is 0 Å². The van der Waals surface area contributed by atoms with Gasteiger partial charge in [0.15, 0.2) is 0 Å². The van der Waals surface area contributed by atoms with Crippen molar-refractivity contribution in [2.45, 2.75) is 57.5 Å². The molecular formula is C13H24N2O. The lowest BCUT2D eigenvalue weighted by atomic mass is 10.0. The van der Waals surface area contributed by atoms with Gasteiger partial charge in [0.2, 0.25) is 5.91 Å². The quantitative estimate of drug-likeness (QED) is 0.725. The molecule has 1 saturated heterocycles. The van der Waals surface area contributed by atoms with Crippen LogP contribution in [0.5, 0.6) is 0 Å². The Labute approximate surface area is 98.6 Å². The normalized spacial score (nSPS) is 36.5. The molecular weight excluding hydrogens is 200 g/mol. The molecule has 0 aromatic rings. The van der Waals surface area contributed by atoms with Crippen LogP contribution in [-0.2, 0) is 4.79 Å². The molecule has 1 heterocycles. The summed E-state index contributed by atoms with van der Waals surface area (Å²) in [4.78, 5) is 14.2. The largest absolute Gasteiger partial charge is 0.338 e. The molecule has 0 aromatic heterocycles. The van der Waals surface area contributed by atoms with E-state index in [4.69, 9.17) is 0 Å². The van der Waals surface area contributed by atoms with Crippen molar-refractivity contribution in [2.75, 3.05) is 13.6 Å². The molecule has 0 bridgehead atoms. The van der Waals surface area contributed by atoms with Crippen molar-refractivity contribution in [3.8, 4) is 0 Å². The summed E-state index contributed by atoms with van der Waals surface area (Å²) in [5, 5.41) is 3.12. The summed E-state index contributed by atoms with van der Waals surface area (Å²) in [6.45, 7) is 3.30. The zero-order valence-electron chi connectivity index (χ0n) is 10.5. The molecule has 3 atom stereocenters. The monoisotopic (exact) mass is 224 g/mol. The number of likely N-dealkylation sites (N-methyl/N-ethyl adjacent to an activating group) is 1. The third-order valence-corrected chi connectivity index (χ3v) is 4.26. The van der Waals surface area contributed by atoms with Gasteiger partial charge in [-0.25, -0.2) is 0 Å². The predicted octanol–water partition coefficient (Wildman–Crippen LogP) is 1.78. The highest BCUT2D eigenvalue weighted by atomic mass is 16.2. The van der Waals surface area contributed by atoms with Gasteiger partial charge >= 0.3 is 0 Å². The maximum Gasteiger partial charge on any atom is 0.240 e. The van der Waals surface area contributed by atoms with Crippen molar-refractivity contribution in [1.29, 1.82) is 0 Å². The van der Waals surface area contributed by atoms with E-state index in [0.717, 1.165) is 18.9 Å². The number of hydrogen-bond donors (Lipinski definition) is 1. The first-order valence-electron chi connectivity index (χ1n) is 6.70. The molecule has 0 radical (unpaired) electrons. The van der Waals surface area contributed by atoms with E-state index in [1.54, 1.807) is 0 Å². The number of nitrogens with one attached hydrogen (secondary N) is 1. The summed E-state index contributed by atoms with van der Waals surface area (Å²) in [7, 11) is 1.89. The highest BCUT2D eigenvalue weighted by Gasteiger charge is 2.35. The van der Waals surface area contributed by atoms with Crippen molar-refractivity contribution in [2.24, 2.45) is 5.92 Å². The first-order chi connectivity index (χ1) is 7.72. The van der Waals surface area contributed by atoms with E-state index in [1.807, 2.05) is 7.05 Å². The Morgan fingerprint density at radius 1 is 1.19 bits per heavy atom. The smallest absolute Gasteiger partial charge is 0.240 e. The van der Waals surface area contributed by atoms with Crippen molar-refractivity contribution in [3.05, 3.63) is 0 Å². The fraction of sp³-hybridized carbons (Fsp3) is 0.923. The zero-order chi connectivity index (χ0) is 11.5. The Morgan fingerprint density at radius 2 is 2.00 bits per heavy atom. The van der Waals surface area contributed by atoms with Crippen molar-refractivity contribution in [3.63, 3.8) is 0 Å². The van der Waals surface area contributed by atoms with E-state index < -0.39 is 0 Å². The Hall–Kier alpha value is -0.570. The zero-order valence-corrected chi connectivity index (χ0v) is 10.5. The van der Waals surface area contributed by atoms with Crippen LogP contribution in [0.15, 0.2) is 0 Å². The van der Waals surface area contributed by atoms with Gasteiger partial charge in [0.1, 0.15) is 0 Å². The minimum atomic E-state index is 0.0840. The third-order valence-electron chi connectivity index (χ3n) is 4.26. The summed E-state index contributed by atoms with van der Waals surface area (Å²) >= 11 is 0. The molecule has 3 heteroatoms. The van der Waals surface area contributed by atoms with Gasteiger partial charge in [0.05, 0.1) is 6.04 Å². The molecule has 1 saturated carbocycles. The van der Waals surface area contributed by atoms with Gasteiger partial charge in [-0.05, 0) is 38.6 Å². The maximum atomic E-state index is 12.1. The molecule has 0 aromatic carbocycles. The Morgan fingerprint density at radius 3 is 2.69 bits per heavy atom. The number of carbonyl (C=O) groups excluding carboxylic acids is 1. The van der Waals surface area contributed by atoms with Gasteiger partial charge in [0.25, 0.3) is 0 Å². The summed E-state index contributed by atoms with van der Waals surface area (Å²) in [5.74, 6) is 1.19. The molecule has 3 unspecified atom stereocenters. The van der Waals surface area contributed by atoms with Crippen molar-refractivity contribution in [1.82, 2.24) is 10.2 Å². The highest BCUT2D eigenvalue weighted by molar-refractivity contribution is 5.84. The molecule has 1 aliphatic carbocycles. The van der Waals surface area contributed by atoms with Gasteiger partial charge in [-0.15, -0.1) is 0 Å². The molecule has 2 aliphatic rings. The van der Waals surface area contributed by atoms with Crippen LogP contribution < -0.4 is 5.32 Å². The van der Waals surface area contributed by atoms with Gasteiger partial charge in [0, 0.05) is 12.6 Å². The number of hydrogen-bond acceptors (Lipinski definition) is 2. The molecule has 0 spiro atoms. The van der Waals surface area contributed by atoms with Crippen LogP contribution in [0.1, 0.15) is 45.4 Å². The number of rotatable bonds is 2. The van der Waals surface area contributed by atoms with Crippen molar-refractivity contribution < 1.29 is 4.79 Å². The lowest BCUT2D eigenvalue weighted by Crippen LogP contribution is -2.41. The van der Waals surface area contributed by atoms with Crippen LogP contribution >= 0.6 is 0 Å². The van der Waals surface area contributed by atoms with E-state index in [2.05, 4.69) is 17.1 Å². The third kappa shape index (κ3) is 2.40. The van der Waals surface area contributed by atoms with E-state index in [1.165, 1.54) is 32.1 Å². The second kappa shape index (κ2) is 5.17. The maximum absolute atomic E-state index is 12.1. The number of carbonyl (C=O) groups is 1. The first-order valence-corrected chi connectivity index (χ1v) is 6.70. The average molecular weight is 224 g/mol. The van der Waals surface area contributed by atoms with Crippen LogP contribution in [0.2, 0.25) is 0 Å². The SMILES string of the molecule is CNC1CCN(C2CCCC(C)CC2)C1=O. The Bertz CT molecular complexity index is 254. The van der Waals surface area contributed by atoms with Gasteiger partial charge in [-0.3, -0.25) is 4.79 Å². The molecule has 92 valence electrons. The highest BCUT2D eigenvalue weighted by Crippen LogP contribution is 2.28. The van der Waals surface area contributed by atoms with Gasteiger partial charge in [-0.1, -0.05) is 19.8 Å². The standard InChI is InChI=1S/C13H24N2O/c1-10-4-3-5-11(7-6-10)15-9-8-12(14-2)13(15)16/h10-12,14H,3-9H2,1-2H3. The molecule has 3 nitrogen and oxygen atoms in total. The van der Waals surface area contributed by atoms with Gasteiger partial charge < -0.3 is 10.2 Å². The summed E-state index contributed by atoms with van der Waals surface area (Å²) in [6.07, 6.45) is 7.34. The summed E-state index contributed by atoms with van der Waals surface area (Å²) < 4.78 is 0. The van der Waals surface area contributed by atoms with E-state index in [9.17, 15) is 4.79 Å². The second-order valence-electron chi connectivity index (χ2n) is 5.43. The lowest BCUT2D eigenvalue weighted by Gasteiger charge is -2.27. The Kier molecular flexibility index (Phi) is 3.85. The lowest BCUT2D eigenvalue weighted by molar-refractivity contribution is -0.131. The predicted molar refractivity (Wildman–Crippen MR) is 65.2 cm³/mol. The van der Waals surface area contributed by atoms with Crippen molar-refractivity contribution >= 4 is 5.91 Å². The number of nitrogens with zero attached hydrogens (tertiary/aromatic N) is 1. The molecule has 1 N–H and O–H groups in total. The van der Waals surface area contributed by atoms with Crippen LogP contribution in [-0.4, -0.2) is 36.5 Å². The van der Waals surface area contributed by atoms with Crippen LogP contribution in [0, 0.1) is 5.92 Å². The molecule has 2 fully saturated rings. The molecule has 1 aliphatic heterocycles. The molecule has 16 heavy (non-hydrogen) atoms. The number of likely N-dealkylation sites (tertiary alicyclic amines) is 1. The minimum Gasteiger partial charge on any atom is -0.338 e. The average Bonchev–Trinajstić information content (AvgIpc) is 2.50. The van der Waals surface area contributed by atoms with Gasteiger partial charge in [-0.2, -0.15) is 0 Å². The first kappa shape index (κ1) is 11.9. The summed E-state index contributed by atoms with van der Waals surface area (Å²) in [6, 6.07) is 0.608. The van der Waals surface area contributed by atoms with Crippen LogP contribution in [0.3, 0.4) is 0 Å². The topological polar surface area (TPSA) is 32.3 Å². The van der Waals surface area contributed by atoms with Crippen LogP contribution in [0.4, 0.5) is 0 Å². The van der Waals surface area contributed by atoms with E-state index in [-0.39, 0.29) is 6.04 Å². The minimum absolute atomic E-state index is 0.0840. The molecule has 1 amide bonds. The molecule has 2 rings (SSSR count). The fourth-order valence-corrected chi connectivity index (χ4v) is 3.11.